The Bertz CT molecular complexity index is 932. The van der Waals surface area contributed by atoms with Crippen molar-refractivity contribution in [3.63, 3.8) is 0 Å². The molecule has 0 fully saturated rings. The van der Waals surface area contributed by atoms with Crippen molar-refractivity contribution in [3.8, 4) is 5.75 Å². The molecule has 7 heteroatoms. The minimum absolute atomic E-state index is 0.216. The summed E-state index contributed by atoms with van der Waals surface area (Å²) in [4.78, 5) is 0. The predicted octanol–water partition coefficient (Wildman–Crippen LogP) is 5.70. The molecule has 0 unspecified atom stereocenters. The van der Waals surface area contributed by atoms with Gasteiger partial charge in [0.25, 0.3) is 0 Å². The number of hydrogen-bond donors (Lipinski definition) is 0. The number of nitrogens with zero attached hydrogens (tertiary/aromatic N) is 3. The first-order valence-corrected chi connectivity index (χ1v) is 10.6. The lowest BCUT2D eigenvalue weighted by Crippen LogP contribution is -2.06. The Balaban J connectivity index is 1.53. The van der Waals surface area contributed by atoms with Gasteiger partial charge in [0.15, 0.2) is 5.16 Å². The van der Waals surface area contributed by atoms with Crippen LogP contribution in [-0.2, 0) is 18.7 Å². The fourth-order valence-corrected chi connectivity index (χ4v) is 4.08. The van der Waals surface area contributed by atoms with Gasteiger partial charge in [-0.1, -0.05) is 35.5 Å². The monoisotopic (exact) mass is 419 g/mol. The van der Waals surface area contributed by atoms with Crippen LogP contribution < -0.4 is 4.74 Å². The molecule has 0 spiro atoms. The average Bonchev–Trinajstić information content (AvgIpc) is 3.07. The molecule has 1 heterocycles. The lowest BCUT2D eigenvalue weighted by atomic mass is 10.2. The fourth-order valence-electron chi connectivity index (χ4n) is 2.89. The van der Waals surface area contributed by atoms with Gasteiger partial charge >= 0.3 is 0 Å². The predicted molar refractivity (Wildman–Crippen MR) is 112 cm³/mol. The zero-order valence-electron chi connectivity index (χ0n) is 16.0. The Morgan fingerprint density at radius 3 is 2.79 bits per heavy atom. The summed E-state index contributed by atoms with van der Waals surface area (Å²) in [7, 11) is 0. The van der Waals surface area contributed by atoms with Gasteiger partial charge < -0.3 is 9.30 Å². The normalized spacial score (nSPS) is 11.0. The number of thioether (sulfide) groups is 1. The molecule has 0 N–H and O–H groups in total. The second kappa shape index (κ2) is 9.94. The molecule has 1 aromatic heterocycles. The van der Waals surface area contributed by atoms with E-state index in [1.54, 1.807) is 23.9 Å². The van der Waals surface area contributed by atoms with Crippen molar-refractivity contribution in [2.45, 2.75) is 44.1 Å². The first-order valence-electron chi connectivity index (χ1n) is 9.25. The highest BCUT2D eigenvalue weighted by molar-refractivity contribution is 7.98. The average molecular weight is 420 g/mol. The SMILES string of the molecule is CCn1c(CCCOc2ccc(Cl)cc2C)nnc1SCc1cccc(F)c1. The van der Waals surface area contributed by atoms with Crippen LogP contribution in [0.4, 0.5) is 4.39 Å². The van der Waals surface area contributed by atoms with Gasteiger partial charge in [-0.3, -0.25) is 0 Å². The first-order chi connectivity index (χ1) is 13.6. The van der Waals surface area contributed by atoms with Crippen molar-refractivity contribution >= 4 is 23.4 Å². The summed E-state index contributed by atoms with van der Waals surface area (Å²) < 4.78 is 21.3. The minimum Gasteiger partial charge on any atom is -0.493 e. The Kier molecular flexibility index (Phi) is 7.34. The topological polar surface area (TPSA) is 39.9 Å². The number of aryl methyl sites for hydroxylation is 2. The van der Waals surface area contributed by atoms with E-state index in [0.29, 0.717) is 17.4 Å². The van der Waals surface area contributed by atoms with Gasteiger partial charge in [-0.25, -0.2) is 4.39 Å². The third-order valence-corrected chi connectivity index (χ3v) is 5.58. The molecule has 3 rings (SSSR count). The second-order valence-corrected chi connectivity index (χ2v) is 7.80. The van der Waals surface area contributed by atoms with Crippen LogP contribution in [0.2, 0.25) is 5.02 Å². The largest absolute Gasteiger partial charge is 0.493 e. The highest BCUT2D eigenvalue weighted by atomic mass is 35.5. The van der Waals surface area contributed by atoms with Crippen molar-refractivity contribution in [3.05, 3.63) is 70.3 Å². The number of ether oxygens (including phenoxy) is 1. The molecule has 4 nitrogen and oxygen atoms in total. The van der Waals surface area contributed by atoms with E-state index in [9.17, 15) is 4.39 Å². The van der Waals surface area contributed by atoms with Crippen LogP contribution in [0.3, 0.4) is 0 Å². The van der Waals surface area contributed by atoms with Gasteiger partial charge in [0, 0.05) is 23.7 Å². The standard InChI is InChI=1S/C21H23ClFN3OS/c1-3-26-20(8-5-11-27-19-10-9-17(22)12-15(19)2)24-25-21(26)28-14-16-6-4-7-18(23)13-16/h4,6-7,9-10,12-13H,3,5,8,11,14H2,1-2H3. The zero-order chi connectivity index (χ0) is 19.9. The summed E-state index contributed by atoms with van der Waals surface area (Å²) in [5.74, 6) is 2.24. The minimum atomic E-state index is -0.216. The van der Waals surface area contributed by atoms with E-state index in [4.69, 9.17) is 16.3 Å². The van der Waals surface area contributed by atoms with Crippen LogP contribution in [0.15, 0.2) is 47.6 Å². The molecule has 0 amide bonds. The number of rotatable bonds is 9. The van der Waals surface area contributed by atoms with E-state index < -0.39 is 0 Å². The second-order valence-electron chi connectivity index (χ2n) is 6.42. The highest BCUT2D eigenvalue weighted by Gasteiger charge is 2.12. The molecule has 0 atom stereocenters. The molecule has 0 aliphatic carbocycles. The number of halogens is 2. The van der Waals surface area contributed by atoms with Crippen LogP contribution in [0.5, 0.6) is 5.75 Å². The summed E-state index contributed by atoms with van der Waals surface area (Å²) in [6.45, 7) is 5.46. The van der Waals surface area contributed by atoms with Gasteiger partial charge in [0.1, 0.15) is 17.4 Å². The third-order valence-electron chi connectivity index (χ3n) is 4.31. The summed E-state index contributed by atoms with van der Waals surface area (Å²) in [5.41, 5.74) is 1.96. The maximum atomic E-state index is 13.3. The maximum Gasteiger partial charge on any atom is 0.191 e. The van der Waals surface area contributed by atoms with E-state index >= 15 is 0 Å². The number of benzene rings is 2. The molecule has 0 saturated carbocycles. The molecule has 0 bridgehead atoms. The smallest absolute Gasteiger partial charge is 0.191 e. The van der Waals surface area contributed by atoms with Crippen LogP contribution >= 0.6 is 23.4 Å². The van der Waals surface area contributed by atoms with Gasteiger partial charge in [-0.15, -0.1) is 10.2 Å². The molecule has 0 aliphatic heterocycles. The zero-order valence-corrected chi connectivity index (χ0v) is 17.6. The van der Waals surface area contributed by atoms with E-state index in [1.165, 1.54) is 6.07 Å². The Morgan fingerprint density at radius 1 is 1.18 bits per heavy atom. The van der Waals surface area contributed by atoms with Gasteiger partial charge in [0.05, 0.1) is 6.61 Å². The van der Waals surface area contributed by atoms with Crippen LogP contribution in [0.1, 0.15) is 30.3 Å². The van der Waals surface area contributed by atoms with E-state index in [0.717, 1.165) is 47.2 Å². The molecular weight excluding hydrogens is 397 g/mol. The summed E-state index contributed by atoms with van der Waals surface area (Å²) in [6.07, 6.45) is 1.63. The van der Waals surface area contributed by atoms with Crippen molar-refractivity contribution in [2.24, 2.45) is 0 Å². The molecule has 3 aromatic rings. The summed E-state index contributed by atoms with van der Waals surface area (Å²) >= 11 is 7.54. The molecule has 28 heavy (non-hydrogen) atoms. The highest BCUT2D eigenvalue weighted by Crippen LogP contribution is 2.24. The summed E-state index contributed by atoms with van der Waals surface area (Å²) in [5, 5.41) is 10.2. The van der Waals surface area contributed by atoms with E-state index in [1.807, 2.05) is 31.2 Å². The Hall–Kier alpha value is -2.05. The molecule has 148 valence electrons. The molecular formula is C21H23ClFN3OS. The Labute approximate surface area is 174 Å². The fraction of sp³-hybridized carbons (Fsp3) is 0.333. The first kappa shape index (κ1) is 20.7. The van der Waals surface area contributed by atoms with Crippen LogP contribution in [0, 0.1) is 12.7 Å². The van der Waals surface area contributed by atoms with Crippen molar-refractivity contribution < 1.29 is 9.13 Å². The lowest BCUT2D eigenvalue weighted by Gasteiger charge is -2.10. The van der Waals surface area contributed by atoms with Gasteiger partial charge in [0.2, 0.25) is 0 Å². The van der Waals surface area contributed by atoms with Crippen molar-refractivity contribution in [2.75, 3.05) is 6.61 Å². The van der Waals surface area contributed by atoms with E-state index in [-0.39, 0.29) is 5.82 Å². The maximum absolute atomic E-state index is 13.3. The molecule has 2 aromatic carbocycles. The quantitative estimate of drug-likeness (QED) is 0.329. The van der Waals surface area contributed by atoms with Gasteiger partial charge in [-0.05, 0) is 61.7 Å². The number of hydrogen-bond acceptors (Lipinski definition) is 4. The van der Waals surface area contributed by atoms with Crippen LogP contribution in [-0.4, -0.2) is 21.4 Å². The number of aromatic nitrogens is 3. The van der Waals surface area contributed by atoms with Gasteiger partial charge in [-0.2, -0.15) is 0 Å². The van der Waals surface area contributed by atoms with Crippen molar-refractivity contribution in [1.82, 2.24) is 14.8 Å². The molecule has 0 saturated heterocycles. The Morgan fingerprint density at radius 2 is 2.04 bits per heavy atom. The molecule has 0 aliphatic rings. The lowest BCUT2D eigenvalue weighted by molar-refractivity contribution is 0.307. The molecule has 0 radical (unpaired) electrons. The summed E-state index contributed by atoms with van der Waals surface area (Å²) in [6, 6.07) is 12.3. The third kappa shape index (κ3) is 5.49. The van der Waals surface area contributed by atoms with Crippen LogP contribution in [0.25, 0.3) is 0 Å². The van der Waals surface area contributed by atoms with Crippen molar-refractivity contribution in [1.29, 1.82) is 0 Å². The van der Waals surface area contributed by atoms with E-state index in [2.05, 4.69) is 21.7 Å².